The molecule has 0 fully saturated rings. The van der Waals surface area contributed by atoms with Crippen LogP contribution < -0.4 is 4.74 Å². The van der Waals surface area contributed by atoms with E-state index in [9.17, 15) is 8.42 Å². The van der Waals surface area contributed by atoms with Gasteiger partial charge in [-0.15, -0.1) is 0 Å². The molecule has 0 radical (unpaired) electrons. The fourth-order valence-corrected chi connectivity index (χ4v) is 3.77. The molecule has 0 spiro atoms. The summed E-state index contributed by atoms with van der Waals surface area (Å²) in [7, 11) is -3.68. The van der Waals surface area contributed by atoms with Gasteiger partial charge in [-0.05, 0) is 31.2 Å². The van der Waals surface area contributed by atoms with Gasteiger partial charge in [0.15, 0.2) is 0 Å². The summed E-state index contributed by atoms with van der Waals surface area (Å²) in [5.41, 5.74) is 1.60. The van der Waals surface area contributed by atoms with E-state index >= 15 is 0 Å². The Morgan fingerprint density at radius 3 is 2.52 bits per heavy atom. The number of ether oxygens (including phenoxy) is 1. The van der Waals surface area contributed by atoms with Crippen LogP contribution in [0.15, 0.2) is 72.3 Å². The minimum absolute atomic E-state index is 0.249. The van der Waals surface area contributed by atoms with Crippen molar-refractivity contribution in [1.82, 2.24) is 3.97 Å². The standard InChI is InChI=1S/C18H17NO3S/c1-3-12-22-18-13-19(17-7-5-4-6-16(17)18)23(20,21)15-10-8-14(2)9-11-15/h3-11,13H,1,12H2,2H3. The summed E-state index contributed by atoms with van der Waals surface area (Å²) >= 11 is 0. The van der Waals surface area contributed by atoms with Gasteiger partial charge in [0.25, 0.3) is 10.0 Å². The van der Waals surface area contributed by atoms with Crippen molar-refractivity contribution in [3.05, 3.63) is 72.9 Å². The SMILES string of the molecule is C=CCOc1cn(S(=O)(=O)c2ccc(C)cc2)c2ccccc12. The lowest BCUT2D eigenvalue weighted by Gasteiger charge is -2.07. The molecule has 0 atom stereocenters. The number of aromatic nitrogens is 1. The molecule has 3 rings (SSSR count). The zero-order chi connectivity index (χ0) is 16.4. The lowest BCUT2D eigenvalue weighted by molar-refractivity contribution is 0.367. The number of nitrogens with zero attached hydrogens (tertiary/aromatic N) is 1. The number of para-hydroxylation sites is 1. The first-order valence-corrected chi connectivity index (χ1v) is 8.64. The number of fused-ring (bicyclic) bond motifs is 1. The smallest absolute Gasteiger partial charge is 0.268 e. The molecule has 118 valence electrons. The van der Waals surface area contributed by atoms with Crippen LogP contribution in [0.5, 0.6) is 5.75 Å². The number of hydrogen-bond acceptors (Lipinski definition) is 3. The van der Waals surface area contributed by atoms with Crippen LogP contribution in [0.2, 0.25) is 0 Å². The normalized spacial score (nSPS) is 11.5. The van der Waals surface area contributed by atoms with Gasteiger partial charge >= 0.3 is 0 Å². The van der Waals surface area contributed by atoms with E-state index in [1.54, 1.807) is 42.5 Å². The maximum absolute atomic E-state index is 12.9. The fourth-order valence-electron chi connectivity index (χ4n) is 2.41. The van der Waals surface area contributed by atoms with Crippen molar-refractivity contribution in [3.63, 3.8) is 0 Å². The molecule has 0 amide bonds. The molecule has 1 heterocycles. The van der Waals surface area contributed by atoms with E-state index in [0.29, 0.717) is 17.9 Å². The van der Waals surface area contributed by atoms with Crippen LogP contribution in [-0.2, 0) is 10.0 Å². The van der Waals surface area contributed by atoms with Crippen LogP contribution >= 0.6 is 0 Å². The van der Waals surface area contributed by atoms with Crippen molar-refractivity contribution in [2.75, 3.05) is 6.61 Å². The predicted molar refractivity (Wildman–Crippen MR) is 91.4 cm³/mol. The Labute approximate surface area is 135 Å². The van der Waals surface area contributed by atoms with Gasteiger partial charge in [-0.1, -0.05) is 42.5 Å². The van der Waals surface area contributed by atoms with Gasteiger partial charge in [0, 0.05) is 5.39 Å². The minimum atomic E-state index is -3.68. The summed E-state index contributed by atoms with van der Waals surface area (Å²) in [4.78, 5) is 0.249. The average Bonchev–Trinajstić information content (AvgIpc) is 2.93. The number of aryl methyl sites for hydroxylation is 1. The summed E-state index contributed by atoms with van der Waals surface area (Å²) in [6.45, 7) is 5.85. The zero-order valence-corrected chi connectivity index (χ0v) is 13.6. The Kier molecular flexibility index (Phi) is 3.96. The highest BCUT2D eigenvalue weighted by molar-refractivity contribution is 7.90. The van der Waals surface area contributed by atoms with E-state index in [2.05, 4.69) is 6.58 Å². The van der Waals surface area contributed by atoms with Crippen LogP contribution in [0.4, 0.5) is 0 Å². The van der Waals surface area contributed by atoms with Crippen molar-refractivity contribution >= 4 is 20.9 Å². The molecule has 0 unspecified atom stereocenters. The predicted octanol–water partition coefficient (Wildman–Crippen LogP) is 3.75. The zero-order valence-electron chi connectivity index (χ0n) is 12.8. The molecule has 4 nitrogen and oxygen atoms in total. The highest BCUT2D eigenvalue weighted by Crippen LogP contribution is 2.31. The molecule has 0 bridgehead atoms. The summed E-state index contributed by atoms with van der Waals surface area (Å²) in [5.74, 6) is 0.524. The number of benzene rings is 2. The largest absolute Gasteiger partial charge is 0.487 e. The fraction of sp³-hybridized carbons (Fsp3) is 0.111. The Morgan fingerprint density at radius 1 is 1.13 bits per heavy atom. The van der Waals surface area contributed by atoms with Gasteiger partial charge in [-0.2, -0.15) is 0 Å². The molecular weight excluding hydrogens is 310 g/mol. The van der Waals surface area contributed by atoms with Crippen molar-refractivity contribution in [3.8, 4) is 5.75 Å². The van der Waals surface area contributed by atoms with E-state index in [-0.39, 0.29) is 4.90 Å². The first kappa shape index (κ1) is 15.4. The van der Waals surface area contributed by atoms with E-state index in [4.69, 9.17) is 4.74 Å². The highest BCUT2D eigenvalue weighted by atomic mass is 32.2. The molecule has 0 N–H and O–H groups in total. The third kappa shape index (κ3) is 2.75. The summed E-state index contributed by atoms with van der Waals surface area (Å²) in [5, 5.41) is 0.755. The lowest BCUT2D eigenvalue weighted by atomic mass is 10.2. The Bertz CT molecular complexity index is 954. The van der Waals surface area contributed by atoms with Gasteiger partial charge < -0.3 is 4.74 Å². The second kappa shape index (κ2) is 5.93. The van der Waals surface area contributed by atoms with Crippen LogP contribution in [0.25, 0.3) is 10.9 Å². The molecule has 23 heavy (non-hydrogen) atoms. The van der Waals surface area contributed by atoms with Gasteiger partial charge in [-0.25, -0.2) is 12.4 Å². The van der Waals surface area contributed by atoms with E-state index in [1.807, 2.05) is 19.1 Å². The quantitative estimate of drug-likeness (QED) is 0.671. The van der Waals surface area contributed by atoms with Gasteiger partial charge in [0.1, 0.15) is 12.4 Å². The topological polar surface area (TPSA) is 48.3 Å². The third-order valence-electron chi connectivity index (χ3n) is 3.58. The molecule has 1 aromatic heterocycles. The monoisotopic (exact) mass is 327 g/mol. The van der Waals surface area contributed by atoms with Crippen molar-refractivity contribution in [2.45, 2.75) is 11.8 Å². The van der Waals surface area contributed by atoms with E-state index in [1.165, 1.54) is 10.2 Å². The summed E-state index contributed by atoms with van der Waals surface area (Å²) in [6, 6.07) is 14.1. The van der Waals surface area contributed by atoms with Crippen LogP contribution in [0.1, 0.15) is 5.56 Å². The highest BCUT2D eigenvalue weighted by Gasteiger charge is 2.21. The lowest BCUT2D eigenvalue weighted by Crippen LogP contribution is -2.11. The van der Waals surface area contributed by atoms with Gasteiger partial charge in [0.05, 0.1) is 16.6 Å². The maximum Gasteiger partial charge on any atom is 0.268 e. The Balaban J connectivity index is 2.19. The molecule has 5 heteroatoms. The average molecular weight is 327 g/mol. The number of rotatable bonds is 5. The van der Waals surface area contributed by atoms with Gasteiger partial charge in [-0.3, -0.25) is 0 Å². The minimum Gasteiger partial charge on any atom is -0.487 e. The summed E-state index contributed by atoms with van der Waals surface area (Å²) < 4.78 is 32.7. The van der Waals surface area contributed by atoms with Crippen LogP contribution in [-0.4, -0.2) is 19.0 Å². The summed E-state index contributed by atoms with van der Waals surface area (Å²) in [6.07, 6.45) is 3.14. The molecule has 0 saturated carbocycles. The van der Waals surface area contributed by atoms with E-state index < -0.39 is 10.0 Å². The molecular formula is C18H17NO3S. The molecule has 0 aliphatic carbocycles. The van der Waals surface area contributed by atoms with Crippen molar-refractivity contribution < 1.29 is 13.2 Å². The second-order valence-electron chi connectivity index (χ2n) is 5.22. The maximum atomic E-state index is 12.9. The Hall–Kier alpha value is -2.53. The Morgan fingerprint density at radius 2 is 1.83 bits per heavy atom. The number of hydrogen-bond donors (Lipinski definition) is 0. The van der Waals surface area contributed by atoms with Crippen molar-refractivity contribution in [2.24, 2.45) is 0 Å². The third-order valence-corrected chi connectivity index (χ3v) is 5.26. The molecule has 0 saturated heterocycles. The van der Waals surface area contributed by atoms with Crippen molar-refractivity contribution in [1.29, 1.82) is 0 Å². The first-order valence-electron chi connectivity index (χ1n) is 7.20. The molecule has 2 aromatic carbocycles. The molecule has 0 aliphatic heterocycles. The van der Waals surface area contributed by atoms with Gasteiger partial charge in [0.2, 0.25) is 0 Å². The second-order valence-corrected chi connectivity index (χ2v) is 7.04. The first-order chi connectivity index (χ1) is 11.0. The van der Waals surface area contributed by atoms with Crippen LogP contribution in [0.3, 0.4) is 0 Å². The molecule has 3 aromatic rings. The van der Waals surface area contributed by atoms with E-state index in [0.717, 1.165) is 10.9 Å². The molecule has 0 aliphatic rings. The van der Waals surface area contributed by atoms with Crippen LogP contribution in [0, 0.1) is 6.92 Å².